The zero-order valence-electron chi connectivity index (χ0n) is 12.5. The average Bonchev–Trinajstić information content (AvgIpc) is 2.93. The maximum absolute atomic E-state index is 5.24. The third-order valence-electron chi connectivity index (χ3n) is 3.89. The van der Waals surface area contributed by atoms with Gasteiger partial charge in [-0.15, -0.1) is 11.3 Å². The van der Waals surface area contributed by atoms with Crippen LogP contribution in [0.5, 0.6) is 5.75 Å². The largest absolute Gasteiger partial charge is 0.497 e. The van der Waals surface area contributed by atoms with E-state index in [0.29, 0.717) is 6.04 Å². The SMILES string of the molecule is COc1ccc([C@H]2CNCCN2Cc2csc(C)n2)cc1. The zero-order valence-corrected chi connectivity index (χ0v) is 13.3. The van der Waals surface area contributed by atoms with E-state index in [-0.39, 0.29) is 0 Å². The predicted octanol–water partition coefficient (Wildman–Crippen LogP) is 2.61. The Morgan fingerprint density at radius 2 is 2.19 bits per heavy atom. The number of hydrogen-bond donors (Lipinski definition) is 1. The van der Waals surface area contributed by atoms with E-state index in [2.05, 4.69) is 39.6 Å². The number of nitrogens with zero attached hydrogens (tertiary/aromatic N) is 2. The number of thiazole rings is 1. The molecule has 0 amide bonds. The first-order valence-electron chi connectivity index (χ1n) is 7.26. The number of benzene rings is 1. The Labute approximate surface area is 129 Å². The second-order valence-corrected chi connectivity index (χ2v) is 6.38. The second-order valence-electron chi connectivity index (χ2n) is 5.32. The molecule has 1 atom stereocenters. The summed E-state index contributed by atoms with van der Waals surface area (Å²) in [7, 11) is 1.70. The van der Waals surface area contributed by atoms with Gasteiger partial charge in [0.25, 0.3) is 0 Å². The van der Waals surface area contributed by atoms with Crippen molar-refractivity contribution >= 4 is 11.3 Å². The highest BCUT2D eigenvalue weighted by Crippen LogP contribution is 2.26. The van der Waals surface area contributed by atoms with Crippen LogP contribution in [0.4, 0.5) is 0 Å². The first-order chi connectivity index (χ1) is 10.3. The third-order valence-corrected chi connectivity index (χ3v) is 4.71. The lowest BCUT2D eigenvalue weighted by Gasteiger charge is -2.36. The molecule has 0 unspecified atom stereocenters. The highest BCUT2D eigenvalue weighted by atomic mass is 32.1. The summed E-state index contributed by atoms with van der Waals surface area (Å²) >= 11 is 1.73. The normalized spacial score (nSPS) is 19.6. The number of hydrogen-bond acceptors (Lipinski definition) is 5. The first kappa shape index (κ1) is 14.5. The van der Waals surface area contributed by atoms with Gasteiger partial charge in [0, 0.05) is 37.6 Å². The van der Waals surface area contributed by atoms with Crippen LogP contribution in [0.25, 0.3) is 0 Å². The van der Waals surface area contributed by atoms with Crippen molar-refractivity contribution in [1.29, 1.82) is 0 Å². The van der Waals surface area contributed by atoms with Crippen molar-refractivity contribution in [3.8, 4) is 5.75 Å². The number of aromatic nitrogens is 1. The van der Waals surface area contributed by atoms with Gasteiger partial charge in [0.15, 0.2) is 0 Å². The molecular formula is C16H21N3OS. The molecule has 3 rings (SSSR count). The Bertz CT molecular complexity index is 581. The lowest BCUT2D eigenvalue weighted by molar-refractivity contribution is 0.152. The van der Waals surface area contributed by atoms with Crippen molar-refractivity contribution < 1.29 is 4.74 Å². The maximum Gasteiger partial charge on any atom is 0.118 e. The van der Waals surface area contributed by atoms with Crippen molar-refractivity contribution in [3.05, 3.63) is 45.9 Å². The van der Waals surface area contributed by atoms with E-state index in [1.54, 1.807) is 18.4 Å². The van der Waals surface area contributed by atoms with Crippen LogP contribution in [-0.2, 0) is 6.54 Å². The average molecular weight is 303 g/mol. The summed E-state index contributed by atoms with van der Waals surface area (Å²) in [6.07, 6.45) is 0. The molecule has 0 radical (unpaired) electrons. The minimum absolute atomic E-state index is 0.395. The van der Waals surface area contributed by atoms with Gasteiger partial charge < -0.3 is 10.1 Å². The summed E-state index contributed by atoms with van der Waals surface area (Å²) < 4.78 is 5.24. The van der Waals surface area contributed by atoms with Crippen molar-refractivity contribution in [2.45, 2.75) is 19.5 Å². The van der Waals surface area contributed by atoms with E-state index in [9.17, 15) is 0 Å². The molecule has 1 fully saturated rings. The number of piperazine rings is 1. The molecular weight excluding hydrogens is 282 g/mol. The summed E-state index contributed by atoms with van der Waals surface area (Å²) in [6.45, 7) is 6.05. The Kier molecular flexibility index (Phi) is 4.53. The van der Waals surface area contributed by atoms with Gasteiger partial charge in [-0.25, -0.2) is 4.98 Å². The van der Waals surface area contributed by atoms with Crippen molar-refractivity contribution in [2.24, 2.45) is 0 Å². The summed E-state index contributed by atoms with van der Waals surface area (Å²) in [5, 5.41) is 6.80. The molecule has 2 heterocycles. The molecule has 4 nitrogen and oxygen atoms in total. The van der Waals surface area contributed by atoms with E-state index in [0.717, 1.165) is 36.9 Å². The van der Waals surface area contributed by atoms with E-state index in [1.807, 2.05) is 12.1 Å². The molecule has 21 heavy (non-hydrogen) atoms. The zero-order chi connectivity index (χ0) is 14.7. The summed E-state index contributed by atoms with van der Waals surface area (Å²) in [5.74, 6) is 0.907. The fraction of sp³-hybridized carbons (Fsp3) is 0.438. The number of aryl methyl sites for hydroxylation is 1. The highest BCUT2D eigenvalue weighted by molar-refractivity contribution is 7.09. The molecule has 1 N–H and O–H groups in total. The summed E-state index contributed by atoms with van der Waals surface area (Å²) in [6, 6.07) is 8.79. The molecule has 0 saturated carbocycles. The molecule has 112 valence electrons. The van der Waals surface area contributed by atoms with E-state index in [1.165, 1.54) is 11.3 Å². The molecule has 1 aromatic carbocycles. The number of rotatable bonds is 4. The third kappa shape index (κ3) is 3.43. The molecule has 1 aliphatic heterocycles. The molecule has 2 aromatic rings. The van der Waals surface area contributed by atoms with E-state index < -0.39 is 0 Å². The molecule has 1 saturated heterocycles. The number of nitrogens with one attached hydrogen (secondary N) is 1. The molecule has 5 heteroatoms. The summed E-state index contributed by atoms with van der Waals surface area (Å²) in [5.41, 5.74) is 2.51. The lowest BCUT2D eigenvalue weighted by Crippen LogP contribution is -2.45. The highest BCUT2D eigenvalue weighted by Gasteiger charge is 2.24. The molecule has 0 spiro atoms. The molecule has 1 aromatic heterocycles. The minimum Gasteiger partial charge on any atom is -0.497 e. The Morgan fingerprint density at radius 1 is 1.38 bits per heavy atom. The lowest BCUT2D eigenvalue weighted by atomic mass is 10.0. The van der Waals surface area contributed by atoms with Gasteiger partial charge in [0.2, 0.25) is 0 Å². The Morgan fingerprint density at radius 3 is 2.86 bits per heavy atom. The van der Waals surface area contributed by atoms with Crippen LogP contribution in [0.15, 0.2) is 29.6 Å². The van der Waals surface area contributed by atoms with Crippen LogP contribution in [0.1, 0.15) is 22.3 Å². The first-order valence-corrected chi connectivity index (χ1v) is 8.14. The molecule has 1 aliphatic rings. The maximum atomic E-state index is 5.24. The van der Waals surface area contributed by atoms with Crippen LogP contribution in [0.3, 0.4) is 0 Å². The Hall–Kier alpha value is -1.43. The fourth-order valence-corrected chi connectivity index (χ4v) is 3.38. The van der Waals surface area contributed by atoms with E-state index >= 15 is 0 Å². The van der Waals surface area contributed by atoms with Crippen molar-refractivity contribution in [1.82, 2.24) is 15.2 Å². The Balaban J connectivity index is 1.76. The predicted molar refractivity (Wildman–Crippen MR) is 85.9 cm³/mol. The van der Waals surface area contributed by atoms with E-state index in [4.69, 9.17) is 4.74 Å². The van der Waals surface area contributed by atoms with Crippen molar-refractivity contribution in [2.75, 3.05) is 26.7 Å². The minimum atomic E-state index is 0.395. The van der Waals surface area contributed by atoms with Gasteiger partial charge in [-0.2, -0.15) is 0 Å². The van der Waals surface area contributed by atoms with Gasteiger partial charge in [0.1, 0.15) is 5.75 Å². The van der Waals surface area contributed by atoms with Crippen LogP contribution >= 0.6 is 11.3 Å². The van der Waals surface area contributed by atoms with Gasteiger partial charge in [0.05, 0.1) is 17.8 Å². The van der Waals surface area contributed by atoms with Crippen molar-refractivity contribution in [3.63, 3.8) is 0 Å². The van der Waals surface area contributed by atoms with Gasteiger partial charge in [-0.05, 0) is 24.6 Å². The topological polar surface area (TPSA) is 37.4 Å². The molecule has 0 bridgehead atoms. The smallest absolute Gasteiger partial charge is 0.118 e. The standard InChI is InChI=1S/C16H21N3OS/c1-12-18-14(11-21-12)10-19-8-7-17-9-16(19)13-3-5-15(20-2)6-4-13/h3-6,11,16-17H,7-10H2,1-2H3/t16-/m1/s1. The summed E-state index contributed by atoms with van der Waals surface area (Å²) in [4.78, 5) is 7.10. The van der Waals surface area contributed by atoms with Gasteiger partial charge in [-0.1, -0.05) is 12.1 Å². The van der Waals surface area contributed by atoms with Crippen LogP contribution in [0, 0.1) is 6.92 Å². The van der Waals surface area contributed by atoms with Crippen LogP contribution < -0.4 is 10.1 Å². The quantitative estimate of drug-likeness (QED) is 0.942. The number of methoxy groups -OCH3 is 1. The van der Waals surface area contributed by atoms with Crippen LogP contribution in [0.2, 0.25) is 0 Å². The number of ether oxygens (including phenoxy) is 1. The molecule has 0 aliphatic carbocycles. The fourth-order valence-electron chi connectivity index (χ4n) is 2.78. The van der Waals surface area contributed by atoms with Gasteiger partial charge >= 0.3 is 0 Å². The van der Waals surface area contributed by atoms with Crippen LogP contribution in [-0.4, -0.2) is 36.6 Å². The monoisotopic (exact) mass is 303 g/mol. The van der Waals surface area contributed by atoms with Gasteiger partial charge in [-0.3, -0.25) is 4.90 Å². The second kappa shape index (κ2) is 6.56.